The smallest absolute Gasteiger partial charge is 0.273 e. The quantitative estimate of drug-likeness (QED) is 0.721. The van der Waals surface area contributed by atoms with Crippen LogP contribution < -0.4 is 4.31 Å². The summed E-state index contributed by atoms with van der Waals surface area (Å²) in [5, 5.41) is 7.87. The van der Waals surface area contributed by atoms with Crippen molar-refractivity contribution in [1.82, 2.24) is 0 Å². The Bertz CT molecular complexity index is 835. The number of carbonyl (C=O) groups excluding carboxylic acids is 1. The van der Waals surface area contributed by atoms with Crippen molar-refractivity contribution < 1.29 is 26.4 Å². The van der Waals surface area contributed by atoms with Crippen LogP contribution in [0.2, 0.25) is 0 Å². The summed E-state index contributed by atoms with van der Waals surface area (Å²) in [7, 11) is -4.01. The minimum Gasteiger partial charge on any atom is -0.273 e. The summed E-state index contributed by atoms with van der Waals surface area (Å²) in [6.45, 7) is 2.89. The van der Waals surface area contributed by atoms with Crippen molar-refractivity contribution in [3.63, 3.8) is 0 Å². The maximum absolute atomic E-state index is 13.0. The molecule has 1 aromatic rings. The summed E-state index contributed by atoms with van der Waals surface area (Å²) in [6.07, 6.45) is -4.52. The van der Waals surface area contributed by atoms with Gasteiger partial charge >= 0.3 is 6.18 Å². The zero-order valence-corrected chi connectivity index (χ0v) is 16.6. The van der Waals surface area contributed by atoms with Crippen LogP contribution in [0.25, 0.3) is 0 Å². The lowest BCUT2D eigenvalue weighted by Crippen LogP contribution is -2.45. The van der Waals surface area contributed by atoms with E-state index in [1.54, 1.807) is 12.1 Å². The van der Waals surface area contributed by atoms with Crippen molar-refractivity contribution in [3.05, 3.63) is 29.8 Å². The number of nitriles is 1. The molecule has 0 aromatic heterocycles. The van der Waals surface area contributed by atoms with Gasteiger partial charge in [0.1, 0.15) is 0 Å². The fourth-order valence-corrected chi connectivity index (χ4v) is 4.52. The van der Waals surface area contributed by atoms with Crippen LogP contribution in [0, 0.1) is 23.2 Å². The van der Waals surface area contributed by atoms with E-state index < -0.39 is 39.2 Å². The average molecular weight is 416 g/mol. The molecule has 0 saturated heterocycles. The molecule has 0 radical (unpaired) electrons. The summed E-state index contributed by atoms with van der Waals surface area (Å²) in [6, 6.07) is 8.01. The minimum absolute atomic E-state index is 0.000356. The van der Waals surface area contributed by atoms with Gasteiger partial charge in [0.25, 0.3) is 0 Å². The van der Waals surface area contributed by atoms with Crippen LogP contribution in [0.1, 0.15) is 45.1 Å². The SMILES string of the molecule is CC(C)S(=O)(=O)N(C(=O)C1CCC(C(F)(F)F)CC1)c1ccc(CC#N)cc1. The van der Waals surface area contributed by atoms with E-state index in [0.717, 1.165) is 4.31 Å². The maximum Gasteiger partial charge on any atom is 0.391 e. The van der Waals surface area contributed by atoms with Crippen molar-refractivity contribution in [2.45, 2.75) is 57.4 Å². The van der Waals surface area contributed by atoms with E-state index in [2.05, 4.69) is 0 Å². The van der Waals surface area contributed by atoms with E-state index in [9.17, 15) is 26.4 Å². The van der Waals surface area contributed by atoms with Crippen molar-refractivity contribution in [2.24, 2.45) is 11.8 Å². The number of rotatable bonds is 5. The van der Waals surface area contributed by atoms with Gasteiger partial charge in [0, 0.05) is 5.92 Å². The molecular weight excluding hydrogens is 393 g/mol. The molecule has 1 aliphatic carbocycles. The Morgan fingerprint density at radius 3 is 2.14 bits per heavy atom. The molecule has 0 N–H and O–H groups in total. The summed E-state index contributed by atoms with van der Waals surface area (Å²) < 4.78 is 65.0. The van der Waals surface area contributed by atoms with Crippen molar-refractivity contribution in [2.75, 3.05) is 4.31 Å². The van der Waals surface area contributed by atoms with Crippen LogP contribution in [0.15, 0.2) is 24.3 Å². The molecule has 1 aromatic carbocycles. The Balaban J connectivity index is 2.30. The predicted octanol–water partition coefficient (Wildman–Crippen LogP) is 4.19. The molecule has 1 saturated carbocycles. The highest BCUT2D eigenvalue weighted by atomic mass is 32.2. The highest BCUT2D eigenvalue weighted by Crippen LogP contribution is 2.40. The zero-order chi connectivity index (χ0) is 21.1. The molecule has 154 valence electrons. The second-order valence-corrected chi connectivity index (χ2v) is 9.63. The lowest BCUT2D eigenvalue weighted by Gasteiger charge is -2.33. The van der Waals surface area contributed by atoms with Crippen molar-refractivity contribution in [3.8, 4) is 6.07 Å². The van der Waals surface area contributed by atoms with Crippen molar-refractivity contribution >= 4 is 21.6 Å². The molecule has 5 nitrogen and oxygen atoms in total. The molecule has 0 aliphatic heterocycles. The van der Waals surface area contributed by atoms with Crippen LogP contribution >= 0.6 is 0 Å². The van der Waals surface area contributed by atoms with Crippen LogP contribution in [-0.4, -0.2) is 25.8 Å². The Kier molecular flexibility index (Phi) is 6.75. The summed E-state index contributed by atoms with van der Waals surface area (Å²) in [5.41, 5.74) is 0.810. The first-order valence-corrected chi connectivity index (χ1v) is 10.6. The normalized spacial score (nSPS) is 20.6. The minimum atomic E-state index is -4.30. The summed E-state index contributed by atoms with van der Waals surface area (Å²) in [5.74, 6) is -2.91. The topological polar surface area (TPSA) is 78.2 Å². The molecule has 1 aliphatic rings. The van der Waals surface area contributed by atoms with E-state index in [4.69, 9.17) is 5.26 Å². The number of anilines is 1. The fraction of sp³-hybridized carbons (Fsp3) is 0.579. The van der Waals surface area contributed by atoms with E-state index in [0.29, 0.717) is 5.56 Å². The molecule has 0 unspecified atom stereocenters. The number of hydrogen-bond donors (Lipinski definition) is 0. The molecule has 2 rings (SSSR count). The standard InChI is InChI=1S/C19H23F3N2O3S/c1-13(2)28(26,27)24(17-9-3-14(4-10-17)11-12-23)18(25)15-5-7-16(8-6-15)19(20,21)22/h3-4,9-10,13,15-16H,5-8,11H2,1-2H3. The van der Waals surface area contributed by atoms with Gasteiger partial charge in [0.2, 0.25) is 15.9 Å². The lowest BCUT2D eigenvalue weighted by molar-refractivity contribution is -0.184. The summed E-state index contributed by atoms with van der Waals surface area (Å²) >= 11 is 0. The van der Waals surface area contributed by atoms with Crippen molar-refractivity contribution in [1.29, 1.82) is 5.26 Å². The van der Waals surface area contributed by atoms with Gasteiger partial charge in [-0.3, -0.25) is 4.79 Å². The van der Waals surface area contributed by atoms with Gasteiger partial charge in [-0.1, -0.05) is 12.1 Å². The number of alkyl halides is 3. The number of amides is 1. The molecule has 28 heavy (non-hydrogen) atoms. The largest absolute Gasteiger partial charge is 0.391 e. The summed E-state index contributed by atoms with van der Waals surface area (Å²) in [4.78, 5) is 13.0. The van der Waals surface area contributed by atoms with Gasteiger partial charge in [0.15, 0.2) is 0 Å². The van der Waals surface area contributed by atoms with E-state index in [1.807, 2.05) is 6.07 Å². The monoisotopic (exact) mass is 416 g/mol. The number of hydrogen-bond acceptors (Lipinski definition) is 4. The third-order valence-corrected chi connectivity index (χ3v) is 7.13. The first-order chi connectivity index (χ1) is 13.0. The highest BCUT2D eigenvalue weighted by Gasteiger charge is 2.44. The predicted molar refractivity (Wildman–Crippen MR) is 98.8 cm³/mol. The molecule has 1 fully saturated rings. The van der Waals surface area contributed by atoms with Crippen LogP contribution in [0.3, 0.4) is 0 Å². The fourth-order valence-electron chi connectivity index (χ4n) is 3.28. The van der Waals surface area contributed by atoms with Gasteiger partial charge < -0.3 is 0 Å². The lowest BCUT2D eigenvalue weighted by atomic mass is 9.81. The number of halogens is 3. The zero-order valence-electron chi connectivity index (χ0n) is 15.7. The highest BCUT2D eigenvalue weighted by molar-refractivity contribution is 7.94. The van der Waals surface area contributed by atoms with E-state index in [1.165, 1.54) is 26.0 Å². The van der Waals surface area contributed by atoms with Gasteiger partial charge in [-0.2, -0.15) is 18.4 Å². The first kappa shape index (κ1) is 22.2. The Morgan fingerprint density at radius 1 is 1.18 bits per heavy atom. The molecule has 0 atom stereocenters. The Labute approximate surface area is 163 Å². The molecule has 0 heterocycles. The molecular formula is C19H23F3N2O3S. The average Bonchev–Trinajstić information content (AvgIpc) is 2.62. The van der Waals surface area contributed by atoms with E-state index >= 15 is 0 Å². The number of nitrogens with zero attached hydrogens (tertiary/aromatic N) is 2. The van der Waals surface area contributed by atoms with Gasteiger partial charge in [-0.05, 0) is 57.2 Å². The van der Waals surface area contributed by atoms with E-state index in [-0.39, 0.29) is 37.8 Å². The number of sulfonamides is 1. The molecule has 0 bridgehead atoms. The third-order valence-electron chi connectivity index (χ3n) is 5.04. The third kappa shape index (κ3) is 4.85. The van der Waals surface area contributed by atoms with Crippen LogP contribution in [0.4, 0.5) is 18.9 Å². The first-order valence-electron chi connectivity index (χ1n) is 9.09. The second-order valence-electron chi connectivity index (χ2n) is 7.29. The maximum atomic E-state index is 13.0. The second kappa shape index (κ2) is 8.52. The van der Waals surface area contributed by atoms with Crippen LogP contribution in [0.5, 0.6) is 0 Å². The number of carbonyl (C=O) groups is 1. The van der Waals surface area contributed by atoms with Gasteiger partial charge in [0.05, 0.1) is 29.3 Å². The molecule has 0 spiro atoms. The Hall–Kier alpha value is -2.08. The molecule has 1 amide bonds. The Morgan fingerprint density at radius 2 is 1.71 bits per heavy atom. The van der Waals surface area contributed by atoms with Gasteiger partial charge in [-0.25, -0.2) is 12.7 Å². The van der Waals surface area contributed by atoms with Gasteiger partial charge in [-0.15, -0.1) is 0 Å². The van der Waals surface area contributed by atoms with Crippen LogP contribution in [-0.2, 0) is 21.2 Å². The molecule has 9 heteroatoms. The number of benzene rings is 1.